The summed E-state index contributed by atoms with van der Waals surface area (Å²) in [5.41, 5.74) is 1.75. The molecule has 0 saturated carbocycles. The largest absolute Gasteiger partial charge is 0.490 e. The molecule has 0 aliphatic carbocycles. The van der Waals surface area contributed by atoms with Crippen LogP contribution in [0, 0.1) is 0 Å². The van der Waals surface area contributed by atoms with Gasteiger partial charge in [-0.1, -0.05) is 18.2 Å². The van der Waals surface area contributed by atoms with E-state index in [1.807, 2.05) is 12.1 Å². The average molecular weight is 469 g/mol. The van der Waals surface area contributed by atoms with Gasteiger partial charge in [0.15, 0.2) is 0 Å². The van der Waals surface area contributed by atoms with Crippen LogP contribution in [0.1, 0.15) is 36.7 Å². The van der Waals surface area contributed by atoms with Crippen molar-refractivity contribution >= 4 is 29.4 Å². The van der Waals surface area contributed by atoms with Gasteiger partial charge in [0.25, 0.3) is 5.91 Å². The van der Waals surface area contributed by atoms with Crippen LogP contribution in [0.3, 0.4) is 0 Å². The third kappa shape index (κ3) is 6.34. The molecule has 0 saturated heterocycles. The summed E-state index contributed by atoms with van der Waals surface area (Å²) in [5, 5.41) is 0. The lowest BCUT2D eigenvalue weighted by atomic mass is 10.1. The number of rotatable bonds is 8. The van der Waals surface area contributed by atoms with Crippen LogP contribution in [0.4, 0.5) is 5.69 Å². The molecule has 0 aromatic heterocycles. The van der Waals surface area contributed by atoms with E-state index < -0.39 is 12.1 Å². The Morgan fingerprint density at radius 1 is 1.03 bits per heavy atom. The zero-order chi connectivity index (χ0) is 24.7. The maximum Gasteiger partial charge on any atom is 0.325 e. The molecule has 0 fully saturated rings. The third-order valence-electron chi connectivity index (χ3n) is 5.11. The molecule has 9 nitrogen and oxygen atoms in total. The molecule has 1 unspecified atom stereocenters. The van der Waals surface area contributed by atoms with E-state index in [9.17, 15) is 19.2 Å². The highest BCUT2D eigenvalue weighted by Gasteiger charge is 2.30. The van der Waals surface area contributed by atoms with Crippen LogP contribution in [0.25, 0.3) is 0 Å². The molecule has 1 aliphatic heterocycles. The first-order valence-electron chi connectivity index (χ1n) is 11.0. The molecule has 0 N–H and O–H groups in total. The number of benzene rings is 2. The van der Waals surface area contributed by atoms with E-state index in [-0.39, 0.29) is 50.6 Å². The van der Waals surface area contributed by atoms with Gasteiger partial charge in [0.2, 0.25) is 5.91 Å². The van der Waals surface area contributed by atoms with E-state index in [1.54, 1.807) is 50.2 Å². The van der Waals surface area contributed by atoms with Crippen LogP contribution in [-0.4, -0.2) is 61.1 Å². The Kier molecular flexibility index (Phi) is 8.24. The van der Waals surface area contributed by atoms with Gasteiger partial charge in [-0.3, -0.25) is 24.1 Å². The van der Waals surface area contributed by atoms with Crippen molar-refractivity contribution in [3.05, 3.63) is 59.7 Å². The van der Waals surface area contributed by atoms with E-state index in [0.717, 1.165) is 5.56 Å². The molecule has 2 aromatic carbocycles. The van der Waals surface area contributed by atoms with E-state index >= 15 is 0 Å². The summed E-state index contributed by atoms with van der Waals surface area (Å²) in [4.78, 5) is 52.1. The van der Waals surface area contributed by atoms with E-state index in [2.05, 4.69) is 0 Å². The second kappa shape index (κ2) is 11.3. The predicted octanol–water partition coefficient (Wildman–Crippen LogP) is 2.57. The zero-order valence-electron chi connectivity index (χ0n) is 19.5. The van der Waals surface area contributed by atoms with E-state index in [0.29, 0.717) is 17.0 Å². The number of amides is 2. The fourth-order valence-electron chi connectivity index (χ4n) is 3.59. The van der Waals surface area contributed by atoms with Gasteiger partial charge in [-0.15, -0.1) is 0 Å². The molecular weight excluding hydrogens is 440 g/mol. The Bertz CT molecular complexity index is 1050. The minimum Gasteiger partial charge on any atom is -0.490 e. The molecule has 1 heterocycles. The monoisotopic (exact) mass is 468 g/mol. The minimum absolute atomic E-state index is 0.178. The summed E-state index contributed by atoms with van der Waals surface area (Å²) in [6.45, 7) is 4.98. The summed E-state index contributed by atoms with van der Waals surface area (Å²) in [6.07, 6.45) is -0.407. The minimum atomic E-state index is -0.494. The number of esters is 2. The highest BCUT2D eigenvalue weighted by atomic mass is 16.6. The second-order valence-corrected chi connectivity index (χ2v) is 7.83. The fourth-order valence-corrected chi connectivity index (χ4v) is 3.59. The van der Waals surface area contributed by atoms with Crippen molar-refractivity contribution in [3.63, 3.8) is 0 Å². The molecule has 9 heteroatoms. The van der Waals surface area contributed by atoms with Gasteiger partial charge in [0.1, 0.15) is 31.5 Å². The molecule has 0 spiro atoms. The smallest absolute Gasteiger partial charge is 0.325 e. The summed E-state index contributed by atoms with van der Waals surface area (Å²) in [7, 11) is 0. The Hall–Kier alpha value is -3.88. The van der Waals surface area contributed by atoms with Crippen LogP contribution in [0.5, 0.6) is 5.75 Å². The lowest BCUT2D eigenvalue weighted by Crippen LogP contribution is -2.42. The normalized spacial score (nSPS) is 14.0. The first kappa shape index (κ1) is 24.8. The molecule has 2 aromatic rings. The van der Waals surface area contributed by atoms with Gasteiger partial charge in [-0.25, -0.2) is 0 Å². The summed E-state index contributed by atoms with van der Waals surface area (Å²) in [5.74, 6) is -1.06. The predicted molar refractivity (Wildman–Crippen MR) is 123 cm³/mol. The van der Waals surface area contributed by atoms with Crippen LogP contribution < -0.4 is 9.64 Å². The number of fused-ring (bicyclic) bond motifs is 1. The molecule has 1 atom stereocenters. The molecular formula is C25H28N2O7. The Morgan fingerprint density at radius 2 is 1.74 bits per heavy atom. The van der Waals surface area contributed by atoms with Crippen molar-refractivity contribution in [2.45, 2.75) is 33.4 Å². The van der Waals surface area contributed by atoms with Crippen LogP contribution in [0.2, 0.25) is 0 Å². The van der Waals surface area contributed by atoms with Gasteiger partial charge in [0, 0.05) is 24.7 Å². The van der Waals surface area contributed by atoms with Crippen molar-refractivity contribution in [3.8, 4) is 5.75 Å². The van der Waals surface area contributed by atoms with Gasteiger partial charge < -0.3 is 19.1 Å². The Morgan fingerprint density at radius 3 is 2.41 bits per heavy atom. The van der Waals surface area contributed by atoms with Crippen molar-refractivity contribution in [1.82, 2.24) is 4.90 Å². The Labute approximate surface area is 198 Å². The molecule has 180 valence electrons. The number of carbonyl (C=O) groups excluding carboxylic acids is 4. The number of hydrogen-bond acceptors (Lipinski definition) is 7. The van der Waals surface area contributed by atoms with E-state index in [1.165, 1.54) is 16.7 Å². The summed E-state index contributed by atoms with van der Waals surface area (Å²) >= 11 is 0. The van der Waals surface area contributed by atoms with Gasteiger partial charge in [0.05, 0.1) is 6.61 Å². The second-order valence-electron chi connectivity index (χ2n) is 7.83. The molecule has 3 rings (SSSR count). The van der Waals surface area contributed by atoms with Crippen molar-refractivity contribution < 1.29 is 33.4 Å². The van der Waals surface area contributed by atoms with Gasteiger partial charge >= 0.3 is 11.9 Å². The first-order valence-corrected chi connectivity index (χ1v) is 11.0. The highest BCUT2D eigenvalue weighted by molar-refractivity contribution is 6.09. The quantitative estimate of drug-likeness (QED) is 0.549. The zero-order valence-corrected chi connectivity index (χ0v) is 19.5. The topological polar surface area (TPSA) is 102 Å². The molecule has 0 radical (unpaired) electrons. The molecule has 34 heavy (non-hydrogen) atoms. The highest BCUT2D eigenvalue weighted by Crippen LogP contribution is 2.27. The van der Waals surface area contributed by atoms with Crippen LogP contribution in [-0.2, 0) is 30.4 Å². The summed E-state index contributed by atoms with van der Waals surface area (Å²) < 4.78 is 15.6. The lowest BCUT2D eigenvalue weighted by Gasteiger charge is -2.22. The van der Waals surface area contributed by atoms with Crippen LogP contribution >= 0.6 is 0 Å². The number of anilines is 1. The van der Waals surface area contributed by atoms with Crippen molar-refractivity contribution in [2.75, 3.05) is 31.2 Å². The van der Waals surface area contributed by atoms with Gasteiger partial charge in [-0.2, -0.15) is 0 Å². The van der Waals surface area contributed by atoms with Gasteiger partial charge in [-0.05, 0) is 49.7 Å². The van der Waals surface area contributed by atoms with Crippen molar-refractivity contribution in [2.24, 2.45) is 0 Å². The number of carbonyl (C=O) groups is 4. The van der Waals surface area contributed by atoms with Crippen LogP contribution in [0.15, 0.2) is 48.5 Å². The number of hydrogen-bond donors (Lipinski definition) is 0. The lowest BCUT2D eigenvalue weighted by molar-refractivity contribution is -0.148. The molecule has 2 amide bonds. The number of para-hydroxylation sites is 1. The molecule has 1 aliphatic rings. The Balaban J connectivity index is 1.75. The third-order valence-corrected chi connectivity index (χ3v) is 5.11. The first-order chi connectivity index (χ1) is 16.3. The SMILES string of the molecule is CCOC(=O)CN1Cc2ccccc2N(C(=O)c2ccc(OCC(C)OC(C)=O)cc2)CC1=O. The standard InChI is InChI=1S/C25H28N2O7/c1-4-32-24(30)15-26-13-20-7-5-6-8-22(20)27(14-23(26)29)25(31)19-9-11-21(12-10-19)33-16-17(2)34-18(3)28/h5-12,17H,4,13-16H2,1-3H3. The number of nitrogens with zero attached hydrogens (tertiary/aromatic N) is 2. The number of ether oxygens (including phenoxy) is 3. The summed E-state index contributed by atoms with van der Waals surface area (Å²) in [6, 6.07) is 13.7. The van der Waals surface area contributed by atoms with E-state index in [4.69, 9.17) is 14.2 Å². The maximum atomic E-state index is 13.4. The average Bonchev–Trinajstić information content (AvgIpc) is 2.94. The molecule has 0 bridgehead atoms. The maximum absolute atomic E-state index is 13.4. The fraction of sp³-hybridized carbons (Fsp3) is 0.360. The van der Waals surface area contributed by atoms with Crippen molar-refractivity contribution in [1.29, 1.82) is 0 Å².